The number of benzene rings is 1. The van der Waals surface area contributed by atoms with Gasteiger partial charge in [-0.25, -0.2) is 9.78 Å². The molecule has 8 heteroatoms. The van der Waals surface area contributed by atoms with Crippen LogP contribution in [0.5, 0.6) is 11.9 Å². The van der Waals surface area contributed by atoms with Gasteiger partial charge in [0.15, 0.2) is 0 Å². The lowest BCUT2D eigenvalue weighted by atomic mass is 10.2. The molecule has 124 valence electrons. The summed E-state index contributed by atoms with van der Waals surface area (Å²) in [6, 6.07) is 7.04. The zero-order valence-electron chi connectivity index (χ0n) is 13.1. The average molecular weight is 329 g/mol. The second-order valence-corrected chi connectivity index (χ2v) is 4.91. The maximum atomic E-state index is 10.9. The summed E-state index contributed by atoms with van der Waals surface area (Å²) in [6.07, 6.45) is 1.62. The van der Waals surface area contributed by atoms with E-state index < -0.39 is 5.97 Å². The number of aromatic carboxylic acids is 1. The van der Waals surface area contributed by atoms with Gasteiger partial charge in [0.1, 0.15) is 5.58 Å². The summed E-state index contributed by atoms with van der Waals surface area (Å²) < 4.78 is 15.4. The summed E-state index contributed by atoms with van der Waals surface area (Å²) in [5.41, 5.74) is 2.08. The molecule has 0 fully saturated rings. The maximum absolute atomic E-state index is 10.9. The number of rotatable bonds is 6. The summed E-state index contributed by atoms with van der Waals surface area (Å²) in [4.78, 5) is 19.1. The highest BCUT2D eigenvalue weighted by Gasteiger charge is 2.11. The van der Waals surface area contributed by atoms with Crippen LogP contribution in [0.3, 0.4) is 0 Å². The third kappa shape index (κ3) is 3.07. The van der Waals surface area contributed by atoms with Gasteiger partial charge in [-0.1, -0.05) is 0 Å². The molecule has 0 radical (unpaired) electrons. The minimum absolute atomic E-state index is 0.0904. The molecule has 0 amide bonds. The van der Waals surface area contributed by atoms with E-state index in [4.69, 9.17) is 19.0 Å². The molecule has 0 unspecified atom stereocenters. The largest absolute Gasteiger partial charge is 0.481 e. The molecule has 2 heterocycles. The minimum atomic E-state index is -1.10. The van der Waals surface area contributed by atoms with E-state index >= 15 is 0 Å². The van der Waals surface area contributed by atoms with Crippen molar-refractivity contribution in [1.29, 1.82) is 0 Å². The molecule has 2 aromatic heterocycles. The highest BCUT2D eigenvalue weighted by atomic mass is 16.5. The van der Waals surface area contributed by atoms with Crippen molar-refractivity contribution in [3.8, 4) is 11.9 Å². The molecule has 0 aliphatic rings. The van der Waals surface area contributed by atoms with E-state index in [0.717, 1.165) is 11.3 Å². The van der Waals surface area contributed by atoms with Crippen LogP contribution in [-0.4, -0.2) is 35.3 Å². The number of furan rings is 1. The van der Waals surface area contributed by atoms with Gasteiger partial charge < -0.3 is 24.3 Å². The lowest BCUT2D eigenvalue weighted by molar-refractivity contribution is 0.0665. The molecule has 0 spiro atoms. The van der Waals surface area contributed by atoms with E-state index in [9.17, 15) is 4.79 Å². The Morgan fingerprint density at radius 1 is 1.29 bits per heavy atom. The van der Waals surface area contributed by atoms with Crippen LogP contribution in [0, 0.1) is 0 Å². The quantitative estimate of drug-likeness (QED) is 0.710. The maximum Gasteiger partial charge on any atom is 0.371 e. The van der Waals surface area contributed by atoms with Crippen molar-refractivity contribution in [3.05, 3.63) is 41.8 Å². The number of hydrogen-bond acceptors (Lipinski definition) is 7. The number of hydrogen-bond donors (Lipinski definition) is 2. The van der Waals surface area contributed by atoms with Crippen molar-refractivity contribution in [3.63, 3.8) is 0 Å². The van der Waals surface area contributed by atoms with Crippen LogP contribution >= 0.6 is 0 Å². The lowest BCUT2D eigenvalue weighted by Gasteiger charge is -2.10. The molecular formula is C16H15N3O5. The van der Waals surface area contributed by atoms with Gasteiger partial charge in [0.2, 0.25) is 11.6 Å². The van der Waals surface area contributed by atoms with Gasteiger partial charge >= 0.3 is 12.0 Å². The summed E-state index contributed by atoms with van der Waals surface area (Å²) in [5.74, 6) is -0.764. The average Bonchev–Trinajstić information content (AvgIpc) is 3.03. The fraction of sp³-hybridized carbons (Fsp3) is 0.188. The first kappa shape index (κ1) is 15.6. The van der Waals surface area contributed by atoms with E-state index in [2.05, 4.69) is 15.3 Å². The zero-order valence-corrected chi connectivity index (χ0v) is 13.1. The molecule has 0 atom stereocenters. The zero-order chi connectivity index (χ0) is 17.1. The Morgan fingerprint density at radius 2 is 2.12 bits per heavy atom. The van der Waals surface area contributed by atoms with Gasteiger partial charge in [0, 0.05) is 23.8 Å². The van der Waals surface area contributed by atoms with Crippen molar-refractivity contribution < 1.29 is 23.8 Å². The number of carboxylic acids is 1. The number of anilines is 1. The lowest BCUT2D eigenvalue weighted by Crippen LogP contribution is -2.05. The number of nitrogens with one attached hydrogen (secondary N) is 1. The monoisotopic (exact) mass is 329 g/mol. The van der Waals surface area contributed by atoms with Crippen LogP contribution in [0.1, 0.15) is 16.1 Å². The number of aromatic nitrogens is 2. The third-order valence-corrected chi connectivity index (χ3v) is 3.39. The Kier molecular flexibility index (Phi) is 4.19. The summed E-state index contributed by atoms with van der Waals surface area (Å²) in [6.45, 7) is 0.433. The van der Waals surface area contributed by atoms with Crippen molar-refractivity contribution in [2.75, 3.05) is 19.5 Å². The Bertz CT molecular complexity index is 891. The normalized spacial score (nSPS) is 10.6. The summed E-state index contributed by atoms with van der Waals surface area (Å²) >= 11 is 0. The fourth-order valence-corrected chi connectivity index (χ4v) is 2.23. The smallest absolute Gasteiger partial charge is 0.371 e. The second-order valence-electron chi connectivity index (χ2n) is 4.91. The van der Waals surface area contributed by atoms with Gasteiger partial charge in [0.25, 0.3) is 0 Å². The topological polar surface area (TPSA) is 107 Å². The van der Waals surface area contributed by atoms with Gasteiger partial charge in [-0.2, -0.15) is 4.98 Å². The number of ether oxygens (including phenoxy) is 2. The van der Waals surface area contributed by atoms with Crippen LogP contribution in [-0.2, 0) is 6.54 Å². The minimum Gasteiger partial charge on any atom is -0.481 e. The molecule has 24 heavy (non-hydrogen) atoms. The number of fused-ring (bicyclic) bond motifs is 1. The molecule has 0 aliphatic carbocycles. The first-order valence-electron chi connectivity index (χ1n) is 7.05. The van der Waals surface area contributed by atoms with E-state index in [0.29, 0.717) is 23.4 Å². The van der Waals surface area contributed by atoms with E-state index in [1.54, 1.807) is 18.3 Å². The molecule has 0 aliphatic heterocycles. The predicted molar refractivity (Wildman–Crippen MR) is 85.6 cm³/mol. The van der Waals surface area contributed by atoms with Gasteiger partial charge in [0.05, 0.1) is 19.8 Å². The van der Waals surface area contributed by atoms with E-state index in [-0.39, 0.29) is 11.8 Å². The van der Waals surface area contributed by atoms with Gasteiger partial charge in [-0.3, -0.25) is 0 Å². The molecule has 2 N–H and O–H groups in total. The summed E-state index contributed by atoms with van der Waals surface area (Å²) in [5, 5.41) is 12.9. The van der Waals surface area contributed by atoms with Gasteiger partial charge in [-0.05, 0) is 24.3 Å². The number of nitrogens with zero attached hydrogens (tertiary/aromatic N) is 2. The first-order chi connectivity index (χ1) is 11.6. The van der Waals surface area contributed by atoms with Crippen molar-refractivity contribution in [1.82, 2.24) is 9.97 Å². The number of carbonyl (C=O) groups is 1. The highest BCUT2D eigenvalue weighted by molar-refractivity contribution is 5.92. The van der Waals surface area contributed by atoms with Crippen LogP contribution in [0.15, 0.2) is 34.9 Å². The van der Waals surface area contributed by atoms with Crippen LogP contribution < -0.4 is 14.8 Å². The Hall–Kier alpha value is -3.29. The molecule has 3 rings (SSSR count). The fourth-order valence-electron chi connectivity index (χ4n) is 2.23. The van der Waals surface area contributed by atoms with Crippen LogP contribution in [0.25, 0.3) is 11.0 Å². The van der Waals surface area contributed by atoms with Crippen molar-refractivity contribution in [2.24, 2.45) is 0 Å². The molecule has 0 saturated carbocycles. The molecule has 0 saturated heterocycles. The number of methoxy groups -OCH3 is 2. The Morgan fingerprint density at radius 3 is 2.83 bits per heavy atom. The Labute approximate surface area is 137 Å². The molecule has 3 aromatic rings. The predicted octanol–water partition coefficient (Wildman–Crippen LogP) is 2.55. The third-order valence-electron chi connectivity index (χ3n) is 3.39. The molecule has 1 aromatic carbocycles. The SMILES string of the molecule is COc1ncc(CNc2ccc3oc(C(=O)O)cc3c2)c(OC)n1. The summed E-state index contributed by atoms with van der Waals surface area (Å²) in [7, 11) is 3.01. The van der Waals surface area contributed by atoms with Gasteiger partial charge in [-0.15, -0.1) is 0 Å². The highest BCUT2D eigenvalue weighted by Crippen LogP contribution is 2.24. The number of carboxylic acid groups (broad SMARTS) is 1. The second kappa shape index (κ2) is 6.45. The van der Waals surface area contributed by atoms with Crippen molar-refractivity contribution in [2.45, 2.75) is 6.54 Å². The van der Waals surface area contributed by atoms with Crippen LogP contribution in [0.4, 0.5) is 5.69 Å². The first-order valence-corrected chi connectivity index (χ1v) is 7.05. The van der Waals surface area contributed by atoms with Crippen molar-refractivity contribution >= 4 is 22.6 Å². The molecule has 0 bridgehead atoms. The Balaban J connectivity index is 1.79. The van der Waals surface area contributed by atoms with Crippen LogP contribution in [0.2, 0.25) is 0 Å². The molecular weight excluding hydrogens is 314 g/mol. The van der Waals surface area contributed by atoms with E-state index in [1.807, 2.05) is 6.07 Å². The molecule has 8 nitrogen and oxygen atoms in total. The van der Waals surface area contributed by atoms with E-state index in [1.165, 1.54) is 20.3 Å². The standard InChI is InChI=1S/C16H15N3O5/c1-22-14-10(8-18-16(19-14)23-2)7-17-11-3-4-12-9(5-11)6-13(24-12)15(20)21/h3-6,8,17H,7H2,1-2H3,(H,20,21).